The van der Waals surface area contributed by atoms with Crippen molar-refractivity contribution >= 4 is 26.8 Å². The Morgan fingerprint density at radius 2 is 1.81 bits per heavy atom. The summed E-state index contributed by atoms with van der Waals surface area (Å²) in [5.74, 6) is -0.626. The first-order chi connectivity index (χ1) is 17.3. The lowest BCUT2D eigenvalue weighted by molar-refractivity contribution is 0.0952. The molecule has 10 heteroatoms. The number of hydrogen-bond acceptors (Lipinski definition) is 5. The second-order valence-electron chi connectivity index (χ2n) is 8.40. The highest BCUT2D eigenvalue weighted by Crippen LogP contribution is 2.22. The van der Waals surface area contributed by atoms with E-state index in [0.717, 1.165) is 11.1 Å². The van der Waals surface area contributed by atoms with Crippen LogP contribution in [-0.4, -0.2) is 43.9 Å². The highest BCUT2D eigenvalue weighted by atomic mass is 32.2. The minimum absolute atomic E-state index is 0.153. The molecule has 0 saturated heterocycles. The Balaban J connectivity index is 1.44. The van der Waals surface area contributed by atoms with Crippen LogP contribution in [0.5, 0.6) is 0 Å². The number of nitrogens with one attached hydrogen (secondary N) is 2. The van der Waals surface area contributed by atoms with Crippen LogP contribution in [-0.2, 0) is 21.3 Å². The number of aromatic nitrogens is 2. The molecule has 0 bridgehead atoms. The lowest BCUT2D eigenvalue weighted by atomic mass is 10.1. The fourth-order valence-electron chi connectivity index (χ4n) is 3.79. The second kappa shape index (κ2) is 11.0. The maximum Gasteiger partial charge on any atom is 0.252 e. The Morgan fingerprint density at radius 1 is 1.08 bits per heavy atom. The predicted octanol–water partition coefficient (Wildman–Crippen LogP) is 3.80. The Bertz CT molecular complexity index is 1450. The fourth-order valence-corrected chi connectivity index (χ4v) is 5.07. The third-order valence-corrected chi connectivity index (χ3v) is 7.33. The number of fused-ring (bicyclic) bond motifs is 1. The number of nitrogens with zero attached hydrogens (tertiary/aromatic N) is 2. The van der Waals surface area contributed by atoms with E-state index in [1.165, 1.54) is 24.3 Å². The third-order valence-electron chi connectivity index (χ3n) is 5.73. The molecule has 1 amide bonds. The molecule has 4 rings (SSSR count). The normalized spacial score (nSPS) is 12.5. The molecular formula is C26H27FN4O4S. The van der Waals surface area contributed by atoms with Gasteiger partial charge in [0.15, 0.2) is 0 Å². The van der Waals surface area contributed by atoms with Gasteiger partial charge < -0.3 is 10.1 Å². The van der Waals surface area contributed by atoms with Gasteiger partial charge in [-0.25, -0.2) is 22.2 Å². The molecule has 36 heavy (non-hydrogen) atoms. The van der Waals surface area contributed by atoms with Gasteiger partial charge in [-0.1, -0.05) is 18.2 Å². The van der Waals surface area contributed by atoms with Gasteiger partial charge in [-0.3, -0.25) is 4.79 Å². The van der Waals surface area contributed by atoms with Gasteiger partial charge in [-0.15, -0.1) is 0 Å². The van der Waals surface area contributed by atoms with Gasteiger partial charge in [-0.2, -0.15) is 5.10 Å². The number of halogens is 1. The maximum atomic E-state index is 13.3. The van der Waals surface area contributed by atoms with Gasteiger partial charge in [0.2, 0.25) is 10.0 Å². The summed E-state index contributed by atoms with van der Waals surface area (Å²) in [5.41, 5.74) is 2.61. The zero-order chi connectivity index (χ0) is 25.7. The van der Waals surface area contributed by atoms with E-state index >= 15 is 0 Å². The summed E-state index contributed by atoms with van der Waals surface area (Å²) in [4.78, 5) is 13.1. The molecule has 0 fully saturated rings. The van der Waals surface area contributed by atoms with E-state index in [0.29, 0.717) is 29.7 Å². The number of rotatable bonds is 10. The topological polar surface area (TPSA) is 102 Å². The van der Waals surface area contributed by atoms with E-state index in [-0.39, 0.29) is 29.2 Å². The minimum atomic E-state index is -3.65. The molecule has 1 unspecified atom stereocenters. The molecule has 1 aromatic heterocycles. The van der Waals surface area contributed by atoms with Crippen molar-refractivity contribution in [2.24, 2.45) is 0 Å². The average molecular weight is 511 g/mol. The van der Waals surface area contributed by atoms with E-state index in [1.54, 1.807) is 61.3 Å². The molecule has 1 atom stereocenters. The van der Waals surface area contributed by atoms with E-state index in [4.69, 9.17) is 4.74 Å². The predicted molar refractivity (Wildman–Crippen MR) is 135 cm³/mol. The van der Waals surface area contributed by atoms with Crippen molar-refractivity contribution in [2.45, 2.75) is 30.8 Å². The number of ether oxygens (including phenoxy) is 1. The van der Waals surface area contributed by atoms with Crippen molar-refractivity contribution in [3.05, 3.63) is 89.9 Å². The summed E-state index contributed by atoms with van der Waals surface area (Å²) >= 11 is 0. The summed E-state index contributed by atoms with van der Waals surface area (Å²) in [5, 5.41) is 7.90. The summed E-state index contributed by atoms with van der Waals surface area (Å²) in [6, 6.07) is 17.4. The van der Waals surface area contributed by atoms with Crippen molar-refractivity contribution in [1.82, 2.24) is 19.8 Å². The molecule has 8 nitrogen and oxygen atoms in total. The third kappa shape index (κ3) is 5.78. The summed E-state index contributed by atoms with van der Waals surface area (Å²) in [6.07, 6.45) is 2.17. The molecule has 0 saturated carbocycles. The number of amides is 1. The minimum Gasteiger partial charge on any atom is -0.385 e. The van der Waals surface area contributed by atoms with Gasteiger partial charge in [0.1, 0.15) is 5.82 Å². The summed E-state index contributed by atoms with van der Waals surface area (Å²) in [6.45, 7) is 2.47. The lowest BCUT2D eigenvalue weighted by Gasteiger charge is -2.14. The van der Waals surface area contributed by atoms with Crippen LogP contribution in [0, 0.1) is 5.82 Å². The molecule has 1 heterocycles. The van der Waals surface area contributed by atoms with Crippen molar-refractivity contribution in [1.29, 1.82) is 0 Å². The van der Waals surface area contributed by atoms with Gasteiger partial charge in [0, 0.05) is 31.7 Å². The molecule has 2 N–H and O–H groups in total. The smallest absolute Gasteiger partial charge is 0.252 e. The lowest BCUT2D eigenvalue weighted by Crippen LogP contribution is -2.33. The number of benzene rings is 3. The van der Waals surface area contributed by atoms with Crippen molar-refractivity contribution in [2.75, 3.05) is 13.7 Å². The number of carbonyl (C=O) groups excluding carboxylic acids is 1. The number of hydrogen-bond donors (Lipinski definition) is 2. The van der Waals surface area contributed by atoms with Gasteiger partial charge in [0.05, 0.1) is 27.9 Å². The van der Waals surface area contributed by atoms with Gasteiger partial charge >= 0.3 is 0 Å². The Morgan fingerprint density at radius 3 is 2.50 bits per heavy atom. The molecule has 188 valence electrons. The van der Waals surface area contributed by atoms with Crippen molar-refractivity contribution < 1.29 is 22.3 Å². The Kier molecular flexibility index (Phi) is 7.78. The number of methoxy groups -OCH3 is 1. The van der Waals surface area contributed by atoms with Crippen LogP contribution >= 0.6 is 0 Å². The Hall–Kier alpha value is -3.60. The van der Waals surface area contributed by atoms with E-state index in [2.05, 4.69) is 15.1 Å². The van der Waals surface area contributed by atoms with Crippen molar-refractivity contribution in [3.8, 4) is 5.69 Å². The first kappa shape index (κ1) is 25.5. The van der Waals surface area contributed by atoms with Crippen LogP contribution < -0.4 is 10.0 Å². The van der Waals surface area contributed by atoms with Crippen molar-refractivity contribution in [3.63, 3.8) is 0 Å². The standard InChI is InChI=1S/C26H27FN4O4S/c1-18(14-15-35-2)30-36(33,34)22-12-6-19(7-13-22)16-28-26(32)23-4-3-5-25-24(23)17-29-31(25)21-10-8-20(27)9-11-21/h3-13,17-18,30H,14-16H2,1-2H3,(H,28,32). The van der Waals surface area contributed by atoms with Crippen LogP contribution in [0.15, 0.2) is 77.8 Å². The van der Waals surface area contributed by atoms with E-state index in [1.807, 2.05) is 6.07 Å². The molecule has 0 aliphatic heterocycles. The molecule has 4 aromatic rings. The summed E-state index contributed by atoms with van der Waals surface area (Å²) < 4.78 is 47.7. The molecule has 3 aromatic carbocycles. The highest BCUT2D eigenvalue weighted by molar-refractivity contribution is 7.89. The molecule has 0 spiro atoms. The second-order valence-corrected chi connectivity index (χ2v) is 10.1. The zero-order valence-electron chi connectivity index (χ0n) is 19.9. The first-order valence-corrected chi connectivity index (χ1v) is 12.9. The van der Waals surface area contributed by atoms with E-state index in [9.17, 15) is 17.6 Å². The quantitative estimate of drug-likeness (QED) is 0.338. The fraction of sp³-hybridized carbons (Fsp3) is 0.231. The summed E-state index contributed by atoms with van der Waals surface area (Å²) in [7, 11) is -2.08. The van der Waals surface area contributed by atoms with Gasteiger partial charge in [-0.05, 0) is 67.4 Å². The van der Waals surface area contributed by atoms with E-state index < -0.39 is 10.0 Å². The van der Waals surface area contributed by atoms with Crippen LogP contribution in [0.2, 0.25) is 0 Å². The number of sulfonamides is 1. The largest absolute Gasteiger partial charge is 0.385 e. The zero-order valence-corrected chi connectivity index (χ0v) is 20.8. The van der Waals surface area contributed by atoms with Crippen LogP contribution in [0.4, 0.5) is 4.39 Å². The van der Waals surface area contributed by atoms with Gasteiger partial charge in [0.25, 0.3) is 5.91 Å². The molecule has 0 aliphatic carbocycles. The molecular weight excluding hydrogens is 483 g/mol. The molecule has 0 aliphatic rings. The maximum absolute atomic E-state index is 13.3. The first-order valence-electron chi connectivity index (χ1n) is 11.4. The number of carbonyl (C=O) groups is 1. The van der Waals surface area contributed by atoms with Crippen LogP contribution in [0.25, 0.3) is 16.6 Å². The van der Waals surface area contributed by atoms with Crippen LogP contribution in [0.1, 0.15) is 29.3 Å². The SMILES string of the molecule is COCCC(C)NS(=O)(=O)c1ccc(CNC(=O)c2cccc3c2cnn3-c2ccc(F)cc2)cc1. The highest BCUT2D eigenvalue weighted by Gasteiger charge is 2.18. The molecule has 0 radical (unpaired) electrons. The van der Waals surface area contributed by atoms with Crippen LogP contribution in [0.3, 0.4) is 0 Å². The average Bonchev–Trinajstić information content (AvgIpc) is 3.31. The Labute approximate surface area is 209 Å². The monoisotopic (exact) mass is 510 g/mol.